The van der Waals surface area contributed by atoms with Gasteiger partial charge in [-0.15, -0.1) is 0 Å². The van der Waals surface area contributed by atoms with E-state index in [0.717, 1.165) is 11.1 Å². The first-order valence-electron chi connectivity index (χ1n) is 6.03. The van der Waals surface area contributed by atoms with Crippen LogP contribution in [0.3, 0.4) is 0 Å². The molecule has 0 spiro atoms. The highest BCUT2D eigenvalue weighted by atomic mass is 35.5. The van der Waals surface area contributed by atoms with Gasteiger partial charge in [0.15, 0.2) is 0 Å². The van der Waals surface area contributed by atoms with Crippen LogP contribution in [0.5, 0.6) is 0 Å². The summed E-state index contributed by atoms with van der Waals surface area (Å²) < 4.78 is 5.37. The molecule has 0 aliphatic rings. The first-order valence-corrected chi connectivity index (χ1v) is 6.41. The second kappa shape index (κ2) is 5.10. The van der Waals surface area contributed by atoms with Gasteiger partial charge in [0.1, 0.15) is 11.3 Å². The van der Waals surface area contributed by atoms with Crippen LogP contribution in [0.25, 0.3) is 11.1 Å². The van der Waals surface area contributed by atoms with Gasteiger partial charge in [-0.3, -0.25) is 0 Å². The molecular formula is C15H16ClNO2. The van der Waals surface area contributed by atoms with Crippen molar-refractivity contribution in [1.82, 2.24) is 4.98 Å². The van der Waals surface area contributed by atoms with Crippen LogP contribution in [0.2, 0.25) is 5.02 Å². The fourth-order valence-corrected chi connectivity index (χ4v) is 1.86. The van der Waals surface area contributed by atoms with E-state index in [1.807, 2.05) is 39.0 Å². The molecule has 2 aromatic rings. The quantitative estimate of drug-likeness (QED) is 0.832. The molecule has 0 unspecified atom stereocenters. The molecule has 0 saturated carbocycles. The van der Waals surface area contributed by atoms with Gasteiger partial charge in [0.25, 0.3) is 0 Å². The van der Waals surface area contributed by atoms with Gasteiger partial charge in [0.2, 0.25) is 0 Å². The summed E-state index contributed by atoms with van der Waals surface area (Å²) >= 11 is 5.86. The lowest BCUT2D eigenvalue weighted by atomic mass is 10.1. The maximum absolute atomic E-state index is 12.1. The fourth-order valence-electron chi connectivity index (χ4n) is 1.74. The van der Waals surface area contributed by atoms with Crippen molar-refractivity contribution >= 4 is 17.6 Å². The van der Waals surface area contributed by atoms with Crippen molar-refractivity contribution in [2.24, 2.45) is 0 Å². The third-order valence-corrected chi connectivity index (χ3v) is 2.76. The Morgan fingerprint density at radius 2 is 1.79 bits per heavy atom. The molecule has 0 atom stereocenters. The molecule has 0 saturated heterocycles. The lowest BCUT2D eigenvalue weighted by molar-refractivity contribution is 0.00646. The van der Waals surface area contributed by atoms with Gasteiger partial charge >= 0.3 is 5.97 Å². The smallest absolute Gasteiger partial charge is 0.355 e. The van der Waals surface area contributed by atoms with Gasteiger partial charge in [0.05, 0.1) is 0 Å². The Bertz CT molecular complexity index is 579. The third-order valence-electron chi connectivity index (χ3n) is 2.51. The van der Waals surface area contributed by atoms with Crippen molar-refractivity contribution < 1.29 is 9.53 Å². The standard InChI is InChI=1S/C15H16ClNO2/c1-15(2,3)19-14(18)13-12(8-9-17-13)10-4-6-11(16)7-5-10/h4-9,17H,1-3H3. The molecule has 1 heterocycles. The monoisotopic (exact) mass is 277 g/mol. The molecule has 19 heavy (non-hydrogen) atoms. The largest absolute Gasteiger partial charge is 0.455 e. The molecule has 4 heteroatoms. The summed E-state index contributed by atoms with van der Waals surface area (Å²) in [5.41, 5.74) is 1.68. The van der Waals surface area contributed by atoms with Crippen LogP contribution in [0.15, 0.2) is 36.5 Å². The number of rotatable bonds is 2. The summed E-state index contributed by atoms with van der Waals surface area (Å²) in [6.07, 6.45) is 1.73. The molecule has 100 valence electrons. The first kappa shape index (κ1) is 13.7. The Morgan fingerprint density at radius 3 is 2.37 bits per heavy atom. The van der Waals surface area contributed by atoms with Crippen LogP contribution in [-0.4, -0.2) is 16.6 Å². The molecule has 2 rings (SSSR count). The van der Waals surface area contributed by atoms with Gasteiger partial charge in [-0.05, 0) is 44.5 Å². The highest BCUT2D eigenvalue weighted by Gasteiger charge is 2.21. The number of aromatic nitrogens is 1. The number of benzene rings is 1. The molecular weight excluding hydrogens is 262 g/mol. The normalized spacial score (nSPS) is 11.4. The molecule has 0 aliphatic heterocycles. The van der Waals surface area contributed by atoms with E-state index in [1.54, 1.807) is 18.3 Å². The number of hydrogen-bond acceptors (Lipinski definition) is 2. The number of H-pyrrole nitrogens is 1. The zero-order valence-corrected chi connectivity index (χ0v) is 11.9. The second-order valence-corrected chi connectivity index (χ2v) is 5.71. The Kier molecular flexibility index (Phi) is 3.67. The summed E-state index contributed by atoms with van der Waals surface area (Å²) in [6, 6.07) is 9.19. The van der Waals surface area contributed by atoms with Crippen molar-refractivity contribution in [2.75, 3.05) is 0 Å². The molecule has 1 aromatic heterocycles. The van der Waals surface area contributed by atoms with Crippen molar-refractivity contribution in [1.29, 1.82) is 0 Å². The van der Waals surface area contributed by atoms with Crippen LogP contribution >= 0.6 is 11.6 Å². The van der Waals surface area contributed by atoms with Gasteiger partial charge in [-0.1, -0.05) is 23.7 Å². The van der Waals surface area contributed by atoms with Crippen LogP contribution in [0.1, 0.15) is 31.3 Å². The number of nitrogens with one attached hydrogen (secondary N) is 1. The molecule has 0 radical (unpaired) electrons. The highest BCUT2D eigenvalue weighted by molar-refractivity contribution is 6.30. The topological polar surface area (TPSA) is 42.1 Å². The van der Waals surface area contributed by atoms with Crippen LogP contribution < -0.4 is 0 Å². The lowest BCUT2D eigenvalue weighted by Crippen LogP contribution is -2.24. The third kappa shape index (κ3) is 3.38. The van der Waals surface area contributed by atoms with Gasteiger partial charge < -0.3 is 9.72 Å². The summed E-state index contributed by atoms with van der Waals surface area (Å²) in [6.45, 7) is 5.53. The SMILES string of the molecule is CC(C)(C)OC(=O)c1[nH]ccc1-c1ccc(Cl)cc1. The van der Waals surface area contributed by atoms with Crippen molar-refractivity contribution in [3.8, 4) is 11.1 Å². The summed E-state index contributed by atoms with van der Waals surface area (Å²) in [4.78, 5) is 15.0. The number of esters is 1. The van der Waals surface area contributed by atoms with E-state index in [1.165, 1.54) is 0 Å². The van der Waals surface area contributed by atoms with E-state index < -0.39 is 5.60 Å². The Labute approximate surface area is 117 Å². The number of hydrogen-bond donors (Lipinski definition) is 1. The van der Waals surface area contributed by atoms with Crippen LogP contribution in [-0.2, 0) is 4.74 Å². The minimum absolute atomic E-state index is 0.359. The fraction of sp³-hybridized carbons (Fsp3) is 0.267. The number of carbonyl (C=O) groups excluding carboxylic acids is 1. The van der Waals surface area contributed by atoms with Gasteiger partial charge in [-0.25, -0.2) is 4.79 Å². The summed E-state index contributed by atoms with van der Waals surface area (Å²) in [5, 5.41) is 0.665. The molecule has 0 fully saturated rings. The zero-order valence-electron chi connectivity index (χ0n) is 11.2. The zero-order chi connectivity index (χ0) is 14.0. The maximum atomic E-state index is 12.1. The summed E-state index contributed by atoms with van der Waals surface area (Å²) in [7, 11) is 0. The highest BCUT2D eigenvalue weighted by Crippen LogP contribution is 2.26. The van der Waals surface area contributed by atoms with E-state index in [9.17, 15) is 4.79 Å². The van der Waals surface area contributed by atoms with E-state index in [2.05, 4.69) is 4.98 Å². The van der Waals surface area contributed by atoms with E-state index in [0.29, 0.717) is 10.7 Å². The Morgan fingerprint density at radius 1 is 1.16 bits per heavy atom. The van der Waals surface area contributed by atoms with Crippen molar-refractivity contribution in [3.05, 3.63) is 47.2 Å². The Hall–Kier alpha value is -1.74. The van der Waals surface area contributed by atoms with Gasteiger partial charge in [0, 0.05) is 16.8 Å². The molecule has 0 bridgehead atoms. The number of ether oxygens (including phenoxy) is 1. The minimum Gasteiger partial charge on any atom is -0.455 e. The predicted octanol–water partition coefficient (Wildman–Crippen LogP) is 4.29. The van der Waals surface area contributed by atoms with E-state index in [4.69, 9.17) is 16.3 Å². The van der Waals surface area contributed by atoms with Crippen LogP contribution in [0, 0.1) is 0 Å². The molecule has 3 nitrogen and oxygen atoms in total. The predicted molar refractivity (Wildman–Crippen MR) is 76.4 cm³/mol. The summed E-state index contributed by atoms with van der Waals surface area (Å²) in [5.74, 6) is -0.359. The number of halogens is 1. The first-order chi connectivity index (χ1) is 8.87. The second-order valence-electron chi connectivity index (χ2n) is 5.28. The number of aromatic amines is 1. The number of carbonyl (C=O) groups is 1. The molecule has 1 N–H and O–H groups in total. The lowest BCUT2D eigenvalue weighted by Gasteiger charge is -2.19. The maximum Gasteiger partial charge on any atom is 0.355 e. The minimum atomic E-state index is -0.514. The molecule has 0 aliphatic carbocycles. The van der Waals surface area contributed by atoms with Crippen molar-refractivity contribution in [3.63, 3.8) is 0 Å². The van der Waals surface area contributed by atoms with Gasteiger partial charge in [-0.2, -0.15) is 0 Å². The van der Waals surface area contributed by atoms with Crippen molar-refractivity contribution in [2.45, 2.75) is 26.4 Å². The molecule has 0 amide bonds. The average Bonchev–Trinajstić information content (AvgIpc) is 2.76. The molecule has 1 aromatic carbocycles. The Balaban J connectivity index is 2.32. The van der Waals surface area contributed by atoms with E-state index >= 15 is 0 Å². The average molecular weight is 278 g/mol. The van der Waals surface area contributed by atoms with E-state index in [-0.39, 0.29) is 5.97 Å². The van der Waals surface area contributed by atoms with Crippen LogP contribution in [0.4, 0.5) is 0 Å².